The van der Waals surface area contributed by atoms with E-state index in [1.54, 1.807) is 18.2 Å². The van der Waals surface area contributed by atoms with E-state index in [-0.39, 0.29) is 6.54 Å². The van der Waals surface area contributed by atoms with Crippen LogP contribution in [0.5, 0.6) is 11.5 Å². The Bertz CT molecular complexity index is 752. The topological polar surface area (TPSA) is 121 Å². The summed E-state index contributed by atoms with van der Waals surface area (Å²) in [7, 11) is -0.685. The summed E-state index contributed by atoms with van der Waals surface area (Å²) >= 11 is 0. The molecule has 0 saturated heterocycles. The number of nitrogens with zero attached hydrogens (tertiary/aromatic N) is 3. The van der Waals surface area contributed by atoms with E-state index in [0.717, 1.165) is 4.79 Å². The van der Waals surface area contributed by atoms with Gasteiger partial charge in [0.1, 0.15) is 17.2 Å². The molecule has 3 N–H and O–H groups in total. The Balaban J connectivity index is 2.51. The van der Waals surface area contributed by atoms with Gasteiger partial charge in [-0.2, -0.15) is 0 Å². The first kappa shape index (κ1) is 17.0. The third-order valence-corrected chi connectivity index (χ3v) is 4.99. The standard InChI is InChI=1S/C13H19N5O4S/c1-9(7-14)23(19,20)17-18-10(8-15-16-18)13-11(21-2)5-4-6-12(13)22-3/h4-6,8-9,17H,7,14H2,1-3H3/t9-/m1/s1. The molecule has 0 fully saturated rings. The van der Waals surface area contributed by atoms with Gasteiger partial charge in [0.15, 0.2) is 0 Å². The van der Waals surface area contributed by atoms with Crippen LogP contribution in [0.15, 0.2) is 24.4 Å². The molecule has 10 heteroatoms. The van der Waals surface area contributed by atoms with E-state index in [0.29, 0.717) is 22.8 Å². The Labute approximate surface area is 134 Å². The van der Waals surface area contributed by atoms with Crippen molar-refractivity contribution in [3.8, 4) is 22.8 Å². The molecule has 1 heterocycles. The predicted molar refractivity (Wildman–Crippen MR) is 85.4 cm³/mol. The van der Waals surface area contributed by atoms with Crippen LogP contribution >= 0.6 is 0 Å². The van der Waals surface area contributed by atoms with Crippen molar-refractivity contribution in [3.05, 3.63) is 24.4 Å². The molecule has 23 heavy (non-hydrogen) atoms. The van der Waals surface area contributed by atoms with Gasteiger partial charge in [-0.1, -0.05) is 6.07 Å². The second-order valence-corrected chi connectivity index (χ2v) is 6.83. The van der Waals surface area contributed by atoms with Crippen LogP contribution in [0.4, 0.5) is 0 Å². The van der Waals surface area contributed by atoms with Crippen molar-refractivity contribution >= 4 is 10.0 Å². The van der Waals surface area contributed by atoms with Crippen molar-refractivity contribution in [2.45, 2.75) is 12.2 Å². The molecule has 1 atom stereocenters. The minimum absolute atomic E-state index is 0.0165. The van der Waals surface area contributed by atoms with Crippen LogP contribution in [0.1, 0.15) is 6.92 Å². The Hall–Kier alpha value is -2.33. The van der Waals surface area contributed by atoms with E-state index in [2.05, 4.69) is 15.1 Å². The van der Waals surface area contributed by atoms with Crippen molar-refractivity contribution in [1.82, 2.24) is 15.1 Å². The maximum Gasteiger partial charge on any atom is 0.251 e. The quantitative estimate of drug-likeness (QED) is 0.737. The number of aromatic nitrogens is 3. The molecule has 1 aromatic heterocycles. The molecule has 126 valence electrons. The number of ether oxygens (including phenoxy) is 2. The molecule has 0 amide bonds. The lowest BCUT2D eigenvalue weighted by atomic mass is 10.1. The lowest BCUT2D eigenvalue weighted by Gasteiger charge is -2.16. The zero-order chi connectivity index (χ0) is 17.0. The fourth-order valence-electron chi connectivity index (χ4n) is 1.91. The fraction of sp³-hybridized carbons (Fsp3) is 0.385. The van der Waals surface area contributed by atoms with Crippen molar-refractivity contribution in [3.63, 3.8) is 0 Å². The smallest absolute Gasteiger partial charge is 0.251 e. The highest BCUT2D eigenvalue weighted by atomic mass is 32.2. The van der Waals surface area contributed by atoms with E-state index in [9.17, 15) is 8.42 Å². The average molecular weight is 341 g/mol. The van der Waals surface area contributed by atoms with Crippen LogP contribution in [-0.4, -0.2) is 49.5 Å². The molecule has 0 aliphatic rings. The van der Waals surface area contributed by atoms with E-state index in [1.165, 1.54) is 27.3 Å². The molecule has 1 aromatic carbocycles. The summed E-state index contributed by atoms with van der Waals surface area (Å²) in [4.78, 5) is 3.40. The third kappa shape index (κ3) is 3.37. The molecule has 9 nitrogen and oxygen atoms in total. The number of hydrogen-bond donors (Lipinski definition) is 2. The number of sulfonamides is 1. The maximum absolute atomic E-state index is 12.2. The van der Waals surface area contributed by atoms with Crippen molar-refractivity contribution in [2.24, 2.45) is 5.73 Å². The van der Waals surface area contributed by atoms with Crippen LogP contribution in [0, 0.1) is 0 Å². The Morgan fingerprint density at radius 1 is 1.30 bits per heavy atom. The van der Waals surface area contributed by atoms with Gasteiger partial charge in [-0.25, -0.2) is 13.2 Å². The zero-order valence-corrected chi connectivity index (χ0v) is 13.9. The van der Waals surface area contributed by atoms with Crippen molar-refractivity contribution < 1.29 is 17.9 Å². The summed E-state index contributed by atoms with van der Waals surface area (Å²) in [5, 5.41) is 6.75. The summed E-state index contributed by atoms with van der Waals surface area (Å²) in [5.74, 6) is 0.998. The Kier molecular flexibility index (Phi) is 5.06. The molecule has 0 saturated carbocycles. The highest BCUT2D eigenvalue weighted by molar-refractivity contribution is 7.92. The molecule has 2 aromatic rings. The molecule has 0 spiro atoms. The van der Waals surface area contributed by atoms with Gasteiger partial charge in [-0.15, -0.1) is 9.89 Å². The summed E-state index contributed by atoms with van der Waals surface area (Å²) in [6.45, 7) is 1.49. The van der Waals surface area contributed by atoms with Gasteiger partial charge in [0, 0.05) is 6.54 Å². The Morgan fingerprint density at radius 3 is 2.43 bits per heavy atom. The Morgan fingerprint density at radius 2 is 1.91 bits per heavy atom. The number of hydrogen-bond acceptors (Lipinski definition) is 7. The van der Waals surface area contributed by atoms with Gasteiger partial charge < -0.3 is 15.2 Å². The molecular weight excluding hydrogens is 322 g/mol. The SMILES string of the molecule is COc1cccc(OC)c1-c1cnnn1NS(=O)(=O)[C@H](C)CN. The third-order valence-electron chi connectivity index (χ3n) is 3.31. The second kappa shape index (κ2) is 6.84. The van der Waals surface area contributed by atoms with Crippen LogP contribution in [0.2, 0.25) is 0 Å². The normalized spacial score (nSPS) is 12.7. The predicted octanol–water partition coefficient (Wildman–Crippen LogP) is 0.183. The summed E-state index contributed by atoms with van der Waals surface area (Å²) in [6.07, 6.45) is 1.41. The number of methoxy groups -OCH3 is 2. The van der Waals surface area contributed by atoms with Crippen LogP contribution < -0.4 is 20.0 Å². The van der Waals surface area contributed by atoms with Gasteiger partial charge in [-0.05, 0) is 24.3 Å². The monoisotopic (exact) mass is 341 g/mol. The first-order valence-corrected chi connectivity index (χ1v) is 8.33. The first-order chi connectivity index (χ1) is 10.9. The fourth-order valence-corrected chi connectivity index (χ4v) is 2.72. The number of nitrogens with two attached hydrogens (primary N) is 1. The number of benzene rings is 1. The van der Waals surface area contributed by atoms with Crippen LogP contribution in [-0.2, 0) is 10.0 Å². The van der Waals surface area contributed by atoms with Gasteiger partial charge in [-0.3, -0.25) is 0 Å². The highest BCUT2D eigenvalue weighted by Gasteiger charge is 2.23. The van der Waals surface area contributed by atoms with Gasteiger partial charge >= 0.3 is 0 Å². The minimum Gasteiger partial charge on any atom is -0.496 e. The molecule has 0 aliphatic carbocycles. The number of nitrogens with one attached hydrogen (secondary N) is 1. The average Bonchev–Trinajstić information content (AvgIpc) is 2.99. The van der Waals surface area contributed by atoms with Gasteiger partial charge in [0.2, 0.25) is 0 Å². The summed E-state index contributed by atoms with van der Waals surface area (Å²) < 4.78 is 35.0. The van der Waals surface area contributed by atoms with Gasteiger partial charge in [0.05, 0.1) is 31.2 Å². The molecule has 0 bridgehead atoms. The molecule has 0 radical (unpaired) electrons. The summed E-state index contributed by atoms with van der Waals surface area (Å²) in [6, 6.07) is 5.22. The minimum atomic E-state index is -3.70. The van der Waals surface area contributed by atoms with Gasteiger partial charge in [0.25, 0.3) is 10.0 Å². The van der Waals surface area contributed by atoms with E-state index < -0.39 is 15.3 Å². The van der Waals surface area contributed by atoms with E-state index in [1.807, 2.05) is 0 Å². The lowest BCUT2D eigenvalue weighted by Crippen LogP contribution is -2.36. The second-order valence-electron chi connectivity index (χ2n) is 4.75. The highest BCUT2D eigenvalue weighted by Crippen LogP contribution is 2.37. The number of rotatable bonds is 7. The van der Waals surface area contributed by atoms with Crippen LogP contribution in [0.3, 0.4) is 0 Å². The zero-order valence-electron chi connectivity index (χ0n) is 13.1. The molecule has 0 unspecified atom stereocenters. The van der Waals surface area contributed by atoms with E-state index in [4.69, 9.17) is 15.2 Å². The van der Waals surface area contributed by atoms with Crippen molar-refractivity contribution in [2.75, 3.05) is 25.6 Å². The molecular formula is C13H19N5O4S. The maximum atomic E-state index is 12.2. The summed E-state index contributed by atoms with van der Waals surface area (Å²) in [5.41, 5.74) is 6.34. The van der Waals surface area contributed by atoms with Crippen molar-refractivity contribution in [1.29, 1.82) is 0 Å². The molecule has 2 rings (SSSR count). The van der Waals surface area contributed by atoms with E-state index >= 15 is 0 Å². The van der Waals surface area contributed by atoms with Crippen LogP contribution in [0.25, 0.3) is 11.3 Å². The first-order valence-electron chi connectivity index (χ1n) is 6.78. The lowest BCUT2D eigenvalue weighted by molar-refractivity contribution is 0.397. The molecule has 0 aliphatic heterocycles. The largest absolute Gasteiger partial charge is 0.496 e.